The van der Waals surface area contributed by atoms with Crippen molar-refractivity contribution in [3.05, 3.63) is 53.6 Å². The van der Waals surface area contributed by atoms with Crippen molar-refractivity contribution in [1.82, 2.24) is 10.6 Å². The summed E-state index contributed by atoms with van der Waals surface area (Å²) >= 11 is 0. The molecule has 0 radical (unpaired) electrons. The summed E-state index contributed by atoms with van der Waals surface area (Å²) in [4.78, 5) is 4.94. The van der Waals surface area contributed by atoms with Gasteiger partial charge < -0.3 is 20.1 Å². The zero-order valence-electron chi connectivity index (χ0n) is 18.5. The summed E-state index contributed by atoms with van der Waals surface area (Å²) in [5.41, 5.74) is 1.69. The monoisotopic (exact) mass is 561 g/mol. The molecule has 0 amide bonds. The molecule has 2 aromatic rings. The molecule has 2 rings (SSSR count). The highest BCUT2D eigenvalue weighted by atomic mass is 127. The van der Waals surface area contributed by atoms with Crippen LogP contribution in [0, 0.1) is 6.92 Å². The second-order valence-electron chi connectivity index (χ2n) is 6.87. The highest BCUT2D eigenvalue weighted by Crippen LogP contribution is 2.19. The van der Waals surface area contributed by atoms with Gasteiger partial charge in [0.05, 0.1) is 25.2 Å². The topological polar surface area (TPSA) is 89.0 Å². The van der Waals surface area contributed by atoms with E-state index < -0.39 is 9.84 Å². The number of hydrogen-bond acceptors (Lipinski definition) is 5. The Bertz CT molecular complexity index is 965. The van der Waals surface area contributed by atoms with Gasteiger partial charge in [-0.05, 0) is 49.6 Å². The van der Waals surface area contributed by atoms with E-state index in [4.69, 9.17) is 9.47 Å². The van der Waals surface area contributed by atoms with Gasteiger partial charge in [-0.2, -0.15) is 0 Å². The lowest BCUT2D eigenvalue weighted by Gasteiger charge is -2.12. The Hall–Kier alpha value is -2.01. The minimum absolute atomic E-state index is 0. The van der Waals surface area contributed by atoms with Gasteiger partial charge in [0.15, 0.2) is 15.8 Å². The Morgan fingerprint density at radius 3 is 2.48 bits per heavy atom. The number of ether oxygens (including phenoxy) is 2. The van der Waals surface area contributed by atoms with Gasteiger partial charge in [0, 0.05) is 25.4 Å². The number of guanidine groups is 1. The third kappa shape index (κ3) is 9.34. The lowest BCUT2D eigenvalue weighted by atomic mass is 10.1. The summed E-state index contributed by atoms with van der Waals surface area (Å²) in [7, 11) is -1.58. The van der Waals surface area contributed by atoms with Crippen molar-refractivity contribution in [2.75, 3.05) is 33.1 Å². The molecule has 2 N–H and O–H groups in total. The largest absolute Gasteiger partial charge is 0.497 e. The molecule has 0 aliphatic heterocycles. The number of sulfone groups is 1. The molecular weight excluding hydrogens is 529 g/mol. The SMILES string of the molecule is CCNC(=NCc1ccc(S(C)(=O)=O)c(C)c1)NCCCOc1cccc(OC)c1.I. The first kappa shape index (κ1) is 27.0. The number of rotatable bonds is 10. The molecule has 0 unspecified atom stereocenters. The van der Waals surface area contributed by atoms with Crippen molar-refractivity contribution in [3.8, 4) is 11.5 Å². The zero-order chi connectivity index (χ0) is 22.0. The molecule has 0 aliphatic carbocycles. The number of aryl methyl sites for hydroxylation is 1. The summed E-state index contributed by atoms with van der Waals surface area (Å²) in [5.74, 6) is 2.26. The van der Waals surface area contributed by atoms with Crippen molar-refractivity contribution < 1.29 is 17.9 Å². The van der Waals surface area contributed by atoms with Crippen molar-refractivity contribution in [3.63, 3.8) is 0 Å². The van der Waals surface area contributed by atoms with Crippen LogP contribution in [0.5, 0.6) is 11.5 Å². The fourth-order valence-corrected chi connectivity index (χ4v) is 3.86. The van der Waals surface area contributed by atoms with E-state index in [0.29, 0.717) is 30.6 Å². The molecule has 0 heterocycles. The van der Waals surface area contributed by atoms with Crippen LogP contribution in [0.4, 0.5) is 0 Å². The van der Waals surface area contributed by atoms with Gasteiger partial charge in [-0.15, -0.1) is 24.0 Å². The van der Waals surface area contributed by atoms with Crippen LogP contribution in [0.2, 0.25) is 0 Å². The number of hydrogen-bond donors (Lipinski definition) is 2. The molecule has 0 aliphatic rings. The second-order valence-corrected chi connectivity index (χ2v) is 8.86. The third-order valence-electron chi connectivity index (χ3n) is 4.33. The van der Waals surface area contributed by atoms with E-state index in [1.54, 1.807) is 26.2 Å². The zero-order valence-corrected chi connectivity index (χ0v) is 21.6. The minimum atomic E-state index is -3.21. The maximum Gasteiger partial charge on any atom is 0.191 e. The Kier molecular flexibility index (Phi) is 11.7. The number of nitrogens with one attached hydrogen (secondary N) is 2. The Balaban J connectivity index is 0.00000480. The highest BCUT2D eigenvalue weighted by Gasteiger charge is 2.10. The van der Waals surface area contributed by atoms with Gasteiger partial charge in [0.1, 0.15) is 11.5 Å². The van der Waals surface area contributed by atoms with E-state index in [1.807, 2.05) is 37.3 Å². The van der Waals surface area contributed by atoms with Crippen molar-refractivity contribution in [1.29, 1.82) is 0 Å². The molecule has 31 heavy (non-hydrogen) atoms. The number of nitrogens with zero attached hydrogens (tertiary/aromatic N) is 1. The first-order chi connectivity index (χ1) is 14.3. The molecule has 7 nitrogen and oxygen atoms in total. The maximum atomic E-state index is 11.7. The van der Waals surface area contributed by atoms with Crippen LogP contribution in [0.1, 0.15) is 24.5 Å². The summed E-state index contributed by atoms with van der Waals surface area (Å²) < 4.78 is 34.4. The molecule has 0 atom stereocenters. The van der Waals surface area contributed by atoms with Gasteiger partial charge in [0.25, 0.3) is 0 Å². The van der Waals surface area contributed by atoms with E-state index in [2.05, 4.69) is 15.6 Å². The van der Waals surface area contributed by atoms with E-state index in [9.17, 15) is 8.42 Å². The molecule has 0 fully saturated rings. The van der Waals surface area contributed by atoms with Crippen LogP contribution in [0.3, 0.4) is 0 Å². The molecule has 0 saturated heterocycles. The number of methoxy groups -OCH3 is 1. The normalized spacial score (nSPS) is 11.4. The third-order valence-corrected chi connectivity index (χ3v) is 5.58. The molecule has 0 saturated carbocycles. The van der Waals surface area contributed by atoms with Crippen LogP contribution < -0.4 is 20.1 Å². The Morgan fingerprint density at radius 1 is 1.10 bits per heavy atom. The summed E-state index contributed by atoms with van der Waals surface area (Å²) in [5, 5.41) is 6.50. The number of halogens is 1. The van der Waals surface area contributed by atoms with Gasteiger partial charge in [-0.25, -0.2) is 13.4 Å². The van der Waals surface area contributed by atoms with Crippen LogP contribution in [-0.4, -0.2) is 47.4 Å². The minimum Gasteiger partial charge on any atom is -0.497 e. The molecule has 9 heteroatoms. The lowest BCUT2D eigenvalue weighted by molar-refractivity contribution is 0.308. The van der Waals surface area contributed by atoms with E-state index in [-0.39, 0.29) is 24.0 Å². The predicted octanol–water partition coefficient (Wildman–Crippen LogP) is 3.55. The Labute approximate surface area is 202 Å². The van der Waals surface area contributed by atoms with Gasteiger partial charge in [-0.3, -0.25) is 0 Å². The van der Waals surface area contributed by atoms with Crippen molar-refractivity contribution >= 4 is 39.8 Å². The summed E-state index contributed by atoms with van der Waals surface area (Å²) in [6.07, 6.45) is 2.03. The van der Waals surface area contributed by atoms with Gasteiger partial charge in [-0.1, -0.05) is 18.2 Å². The van der Waals surface area contributed by atoms with Crippen LogP contribution in [0.15, 0.2) is 52.4 Å². The molecule has 0 bridgehead atoms. The van der Waals surface area contributed by atoms with E-state index in [1.165, 1.54) is 6.26 Å². The summed E-state index contributed by atoms with van der Waals surface area (Å²) in [6.45, 7) is 6.30. The summed E-state index contributed by atoms with van der Waals surface area (Å²) in [6, 6.07) is 12.8. The molecular formula is C22H32IN3O4S. The van der Waals surface area contributed by atoms with E-state index in [0.717, 1.165) is 35.6 Å². The smallest absolute Gasteiger partial charge is 0.191 e. The molecule has 172 valence electrons. The maximum absolute atomic E-state index is 11.7. The molecule has 0 spiro atoms. The lowest BCUT2D eigenvalue weighted by Crippen LogP contribution is -2.38. The predicted molar refractivity (Wildman–Crippen MR) is 136 cm³/mol. The molecule has 0 aromatic heterocycles. The van der Waals surface area contributed by atoms with Crippen molar-refractivity contribution in [2.45, 2.75) is 31.7 Å². The average molecular weight is 561 g/mol. The van der Waals surface area contributed by atoms with Crippen LogP contribution in [0.25, 0.3) is 0 Å². The van der Waals surface area contributed by atoms with Gasteiger partial charge >= 0.3 is 0 Å². The fraction of sp³-hybridized carbons (Fsp3) is 0.409. The average Bonchev–Trinajstić information content (AvgIpc) is 2.71. The first-order valence-corrected chi connectivity index (χ1v) is 11.8. The standard InChI is InChI=1S/C22H31N3O4S.HI/c1-5-23-22(24-12-7-13-29-20-9-6-8-19(15-20)28-3)25-16-18-10-11-21(17(2)14-18)30(4,26)27;/h6,8-11,14-15H,5,7,12-13,16H2,1-4H3,(H2,23,24,25);1H. The first-order valence-electron chi connectivity index (χ1n) is 9.92. The second kappa shape index (κ2) is 13.4. The number of aliphatic imine (C=N–C) groups is 1. The van der Waals surface area contributed by atoms with E-state index >= 15 is 0 Å². The fourth-order valence-electron chi connectivity index (χ4n) is 2.90. The highest BCUT2D eigenvalue weighted by molar-refractivity contribution is 14.0. The van der Waals surface area contributed by atoms with Crippen molar-refractivity contribution in [2.24, 2.45) is 4.99 Å². The number of benzene rings is 2. The molecule has 2 aromatic carbocycles. The Morgan fingerprint density at radius 2 is 1.84 bits per heavy atom. The van der Waals surface area contributed by atoms with Crippen LogP contribution in [-0.2, 0) is 16.4 Å². The quantitative estimate of drug-likeness (QED) is 0.200. The van der Waals surface area contributed by atoms with Crippen LogP contribution >= 0.6 is 24.0 Å². The van der Waals surface area contributed by atoms with Gasteiger partial charge in [0.2, 0.25) is 0 Å².